The number of halogens is 2. The van der Waals surface area contributed by atoms with Crippen LogP contribution in [0.3, 0.4) is 0 Å². The summed E-state index contributed by atoms with van der Waals surface area (Å²) in [5.74, 6) is 1.10. The molecular formula is C19H17F2NO4S2. The van der Waals surface area contributed by atoms with E-state index in [1.54, 1.807) is 12.1 Å². The highest BCUT2D eigenvalue weighted by Crippen LogP contribution is 2.45. The van der Waals surface area contributed by atoms with Crippen molar-refractivity contribution in [2.24, 2.45) is 0 Å². The number of rotatable bonds is 7. The Labute approximate surface area is 169 Å². The van der Waals surface area contributed by atoms with E-state index in [2.05, 4.69) is 10.1 Å². The Kier molecular flexibility index (Phi) is 7.16. The van der Waals surface area contributed by atoms with E-state index in [9.17, 15) is 18.4 Å². The molecule has 0 saturated carbocycles. The number of thioether (sulfide) groups is 2. The van der Waals surface area contributed by atoms with Gasteiger partial charge < -0.3 is 14.8 Å². The van der Waals surface area contributed by atoms with Gasteiger partial charge in [-0.05, 0) is 42.0 Å². The lowest BCUT2D eigenvalue weighted by Gasteiger charge is -2.10. The normalized spacial score (nSPS) is 14.1. The first-order valence-corrected chi connectivity index (χ1v) is 10.5. The maximum absolute atomic E-state index is 12.1. The summed E-state index contributed by atoms with van der Waals surface area (Å²) in [7, 11) is 0. The van der Waals surface area contributed by atoms with Gasteiger partial charge in [0.05, 0.1) is 10.1 Å². The summed E-state index contributed by atoms with van der Waals surface area (Å²) in [5, 5.41) is 2.51. The molecule has 28 heavy (non-hydrogen) atoms. The van der Waals surface area contributed by atoms with Crippen LogP contribution in [0.25, 0.3) is 0 Å². The Morgan fingerprint density at radius 3 is 2.29 bits per heavy atom. The van der Waals surface area contributed by atoms with E-state index in [1.807, 2.05) is 35.7 Å². The van der Waals surface area contributed by atoms with Gasteiger partial charge in [0, 0.05) is 17.2 Å². The third kappa shape index (κ3) is 5.87. The van der Waals surface area contributed by atoms with Gasteiger partial charge in [0.1, 0.15) is 5.75 Å². The second-order valence-corrected chi connectivity index (χ2v) is 8.45. The molecule has 9 heteroatoms. The van der Waals surface area contributed by atoms with Crippen LogP contribution in [0, 0.1) is 0 Å². The molecule has 1 N–H and O–H groups in total. The lowest BCUT2D eigenvalue weighted by atomic mass is 10.1. The van der Waals surface area contributed by atoms with Gasteiger partial charge in [0.2, 0.25) is 0 Å². The van der Waals surface area contributed by atoms with Crippen molar-refractivity contribution >= 4 is 41.1 Å². The van der Waals surface area contributed by atoms with Crippen LogP contribution in [0.1, 0.15) is 20.5 Å². The predicted molar refractivity (Wildman–Crippen MR) is 106 cm³/mol. The number of esters is 1. The first kappa shape index (κ1) is 20.5. The predicted octanol–water partition coefficient (Wildman–Crippen LogP) is 4.56. The highest BCUT2D eigenvalue weighted by atomic mass is 32.2. The van der Waals surface area contributed by atoms with E-state index in [4.69, 9.17) is 4.74 Å². The molecule has 1 heterocycles. The van der Waals surface area contributed by atoms with Gasteiger partial charge in [-0.3, -0.25) is 4.79 Å². The van der Waals surface area contributed by atoms with Crippen molar-refractivity contribution < 1.29 is 27.8 Å². The van der Waals surface area contributed by atoms with Crippen LogP contribution in [-0.2, 0) is 9.53 Å². The average Bonchev–Trinajstić information content (AvgIpc) is 3.22. The molecule has 2 aromatic carbocycles. The van der Waals surface area contributed by atoms with Crippen molar-refractivity contribution in [1.29, 1.82) is 0 Å². The summed E-state index contributed by atoms with van der Waals surface area (Å²) in [6, 6.07) is 12.6. The maximum atomic E-state index is 12.1. The molecule has 2 aromatic rings. The van der Waals surface area contributed by atoms with E-state index < -0.39 is 25.1 Å². The molecule has 0 aliphatic carbocycles. The molecule has 0 atom stereocenters. The minimum atomic E-state index is -2.91. The lowest BCUT2D eigenvalue weighted by Crippen LogP contribution is -2.20. The summed E-state index contributed by atoms with van der Waals surface area (Å²) in [6.07, 6.45) is 0. The number of hydrogen-bond donors (Lipinski definition) is 1. The molecule has 1 aliphatic heterocycles. The quantitative estimate of drug-likeness (QED) is 0.656. The molecule has 1 amide bonds. The zero-order valence-corrected chi connectivity index (χ0v) is 16.2. The second-order valence-electron chi connectivity index (χ2n) is 5.72. The largest absolute Gasteiger partial charge is 0.452 e. The van der Waals surface area contributed by atoms with Crippen molar-refractivity contribution in [1.82, 2.24) is 0 Å². The van der Waals surface area contributed by atoms with E-state index >= 15 is 0 Å². The van der Waals surface area contributed by atoms with E-state index in [0.29, 0.717) is 15.8 Å². The minimum absolute atomic E-state index is 0.0164. The van der Waals surface area contributed by atoms with Crippen LogP contribution in [0.2, 0.25) is 0 Å². The van der Waals surface area contributed by atoms with Gasteiger partial charge in [0.15, 0.2) is 6.61 Å². The number of benzene rings is 2. The van der Waals surface area contributed by atoms with Crippen molar-refractivity contribution in [3.8, 4) is 5.75 Å². The number of nitrogens with one attached hydrogen (secondary N) is 1. The van der Waals surface area contributed by atoms with Crippen molar-refractivity contribution in [3.05, 3.63) is 59.7 Å². The van der Waals surface area contributed by atoms with Crippen molar-refractivity contribution in [3.63, 3.8) is 0 Å². The standard InChI is InChI=1S/C19H17F2NO4S2/c20-19(21)26-15-7-5-14(6-8-15)22-16(23)11-25-17(24)12-1-3-13(4-2-12)18-27-9-10-28-18/h1-8,18-19H,9-11H2,(H,22,23). The Bertz CT molecular complexity index is 810. The lowest BCUT2D eigenvalue weighted by molar-refractivity contribution is -0.119. The smallest absolute Gasteiger partial charge is 0.387 e. The fourth-order valence-corrected chi connectivity index (χ4v) is 5.32. The van der Waals surface area contributed by atoms with Crippen LogP contribution in [0.5, 0.6) is 5.75 Å². The van der Waals surface area contributed by atoms with Crippen LogP contribution in [-0.4, -0.2) is 36.6 Å². The Morgan fingerprint density at radius 2 is 1.68 bits per heavy atom. The Balaban J connectivity index is 1.46. The second kappa shape index (κ2) is 9.79. The number of hydrogen-bond acceptors (Lipinski definition) is 6. The molecule has 1 aliphatic rings. The third-order valence-electron chi connectivity index (χ3n) is 3.74. The molecule has 5 nitrogen and oxygen atoms in total. The summed E-state index contributed by atoms with van der Waals surface area (Å²) in [6.45, 7) is -3.37. The molecular weight excluding hydrogens is 408 g/mol. The molecule has 0 bridgehead atoms. The fourth-order valence-electron chi connectivity index (χ4n) is 2.46. The molecule has 3 rings (SSSR count). The number of ether oxygens (including phenoxy) is 2. The van der Waals surface area contributed by atoms with E-state index in [0.717, 1.165) is 17.1 Å². The summed E-state index contributed by atoms with van der Waals surface area (Å²) >= 11 is 3.75. The van der Waals surface area contributed by atoms with Crippen LogP contribution < -0.4 is 10.1 Å². The molecule has 0 unspecified atom stereocenters. The average molecular weight is 425 g/mol. The van der Waals surface area contributed by atoms with Crippen molar-refractivity contribution in [2.45, 2.75) is 11.2 Å². The molecule has 1 saturated heterocycles. The third-order valence-corrected chi connectivity index (χ3v) is 6.84. The molecule has 148 valence electrons. The van der Waals surface area contributed by atoms with Gasteiger partial charge in [-0.25, -0.2) is 4.79 Å². The van der Waals surface area contributed by atoms with Crippen LogP contribution >= 0.6 is 23.5 Å². The first-order valence-electron chi connectivity index (χ1n) is 8.36. The highest BCUT2D eigenvalue weighted by Gasteiger charge is 2.19. The number of carbonyl (C=O) groups is 2. The number of anilines is 1. The number of carbonyl (C=O) groups excluding carboxylic acids is 2. The fraction of sp³-hybridized carbons (Fsp3) is 0.263. The first-order chi connectivity index (χ1) is 13.5. The highest BCUT2D eigenvalue weighted by molar-refractivity contribution is 8.19. The van der Waals surface area contributed by atoms with E-state index in [-0.39, 0.29) is 5.75 Å². The molecule has 0 spiro atoms. The summed E-state index contributed by atoms with van der Waals surface area (Å²) < 4.78 is 33.9. The SMILES string of the molecule is O=C(COC(=O)c1ccc(C2SCCS2)cc1)Nc1ccc(OC(F)F)cc1. The summed E-state index contributed by atoms with van der Waals surface area (Å²) in [4.78, 5) is 24.0. The van der Waals surface area contributed by atoms with Crippen molar-refractivity contribution in [2.75, 3.05) is 23.4 Å². The van der Waals surface area contributed by atoms with Gasteiger partial charge in [-0.2, -0.15) is 8.78 Å². The topological polar surface area (TPSA) is 64.6 Å². The molecule has 0 radical (unpaired) electrons. The maximum Gasteiger partial charge on any atom is 0.387 e. The molecule has 0 aromatic heterocycles. The Morgan fingerprint density at radius 1 is 1.04 bits per heavy atom. The Hall–Kier alpha value is -2.26. The zero-order chi connectivity index (χ0) is 19.9. The molecule has 1 fully saturated rings. The summed E-state index contributed by atoms with van der Waals surface area (Å²) in [5.41, 5.74) is 1.90. The van der Waals surface area contributed by atoms with Crippen LogP contribution in [0.15, 0.2) is 48.5 Å². The van der Waals surface area contributed by atoms with Gasteiger partial charge in [0.25, 0.3) is 5.91 Å². The van der Waals surface area contributed by atoms with Gasteiger partial charge in [-0.1, -0.05) is 12.1 Å². The monoisotopic (exact) mass is 425 g/mol. The number of alkyl halides is 2. The zero-order valence-electron chi connectivity index (χ0n) is 14.6. The van der Waals surface area contributed by atoms with Gasteiger partial charge >= 0.3 is 12.6 Å². The van der Waals surface area contributed by atoms with E-state index in [1.165, 1.54) is 24.3 Å². The number of amides is 1. The minimum Gasteiger partial charge on any atom is -0.452 e. The van der Waals surface area contributed by atoms with Gasteiger partial charge in [-0.15, -0.1) is 23.5 Å². The van der Waals surface area contributed by atoms with Crippen LogP contribution in [0.4, 0.5) is 14.5 Å².